The predicted octanol–water partition coefficient (Wildman–Crippen LogP) is -0.721. The Balaban J connectivity index is 1.55. The first kappa shape index (κ1) is 16.2. The Morgan fingerprint density at radius 3 is 1.82 bits per heavy atom. The number of amides is 1. The van der Waals surface area contributed by atoms with Crippen LogP contribution in [0, 0.1) is 11.8 Å². The minimum absolute atomic E-state index is 0.181. The molecule has 2 aliphatic heterocycles. The van der Waals surface area contributed by atoms with Crippen LogP contribution in [0.25, 0.3) is 0 Å². The Morgan fingerprint density at radius 2 is 1.36 bits per heavy atom. The third-order valence-corrected chi connectivity index (χ3v) is 7.13. The van der Waals surface area contributed by atoms with Crippen molar-refractivity contribution < 1.29 is 13.2 Å². The lowest BCUT2D eigenvalue weighted by Gasteiger charge is -2.39. The molecule has 0 aromatic rings. The summed E-state index contributed by atoms with van der Waals surface area (Å²) in [5, 5.41) is 0. The van der Waals surface area contributed by atoms with Gasteiger partial charge in [-0.3, -0.25) is 4.79 Å². The third-order valence-electron chi connectivity index (χ3n) is 5.09. The van der Waals surface area contributed by atoms with Gasteiger partial charge in [0.05, 0.1) is 0 Å². The number of piperazine rings is 2. The molecule has 0 spiro atoms. The van der Waals surface area contributed by atoms with Crippen LogP contribution in [0.5, 0.6) is 0 Å². The summed E-state index contributed by atoms with van der Waals surface area (Å²) in [4.78, 5) is 16.2. The van der Waals surface area contributed by atoms with Crippen LogP contribution >= 0.6 is 0 Å². The highest BCUT2D eigenvalue weighted by Crippen LogP contribution is 2.39. The van der Waals surface area contributed by atoms with Gasteiger partial charge in [-0.15, -0.1) is 0 Å². The average Bonchev–Trinajstić information content (AvgIpc) is 3.24. The molecule has 1 saturated carbocycles. The van der Waals surface area contributed by atoms with Crippen LogP contribution in [-0.4, -0.2) is 92.1 Å². The van der Waals surface area contributed by atoms with E-state index in [9.17, 15) is 13.2 Å². The molecule has 8 heteroatoms. The summed E-state index contributed by atoms with van der Waals surface area (Å²) >= 11 is 0. The highest BCUT2D eigenvalue weighted by atomic mass is 32.2. The van der Waals surface area contributed by atoms with Crippen molar-refractivity contribution in [1.82, 2.24) is 18.4 Å². The molecule has 7 nitrogen and oxygen atoms in total. The molecule has 3 fully saturated rings. The van der Waals surface area contributed by atoms with Gasteiger partial charge in [-0.1, -0.05) is 6.92 Å². The van der Waals surface area contributed by atoms with E-state index >= 15 is 0 Å². The standard InChI is InChI=1S/C14H26N4O3S/c1-12-11-13(12)14(19)16-5-9-18(10-6-16)22(20,21)17-7-3-15(2)4-8-17/h12-13H,3-11H2,1-2H3/t12-,13+/m0/s1. The van der Waals surface area contributed by atoms with Gasteiger partial charge >= 0.3 is 0 Å². The lowest BCUT2D eigenvalue weighted by Crippen LogP contribution is -2.57. The Morgan fingerprint density at radius 1 is 0.909 bits per heavy atom. The second kappa shape index (κ2) is 6.07. The molecule has 3 aliphatic rings. The van der Waals surface area contributed by atoms with E-state index < -0.39 is 10.2 Å². The molecule has 1 amide bonds. The third kappa shape index (κ3) is 3.15. The van der Waals surface area contributed by atoms with Crippen LogP contribution < -0.4 is 0 Å². The van der Waals surface area contributed by atoms with Gasteiger partial charge in [-0.05, 0) is 19.4 Å². The Labute approximate surface area is 133 Å². The quantitative estimate of drug-likeness (QED) is 0.685. The van der Waals surface area contributed by atoms with E-state index in [0.717, 1.165) is 19.5 Å². The number of likely N-dealkylation sites (N-methyl/N-ethyl adjacent to an activating group) is 1. The summed E-state index contributed by atoms with van der Waals surface area (Å²) in [6, 6.07) is 0. The topological polar surface area (TPSA) is 64.2 Å². The summed E-state index contributed by atoms with van der Waals surface area (Å²) in [6.45, 7) is 6.63. The van der Waals surface area contributed by atoms with Crippen molar-refractivity contribution in [2.24, 2.45) is 11.8 Å². The molecule has 2 atom stereocenters. The first-order valence-corrected chi connectivity index (χ1v) is 9.52. The summed E-state index contributed by atoms with van der Waals surface area (Å²) < 4.78 is 28.4. The molecule has 2 saturated heterocycles. The van der Waals surface area contributed by atoms with Crippen molar-refractivity contribution in [3.8, 4) is 0 Å². The smallest absolute Gasteiger partial charge is 0.282 e. The van der Waals surface area contributed by atoms with Crippen molar-refractivity contribution in [2.75, 3.05) is 59.4 Å². The molecule has 0 radical (unpaired) electrons. The van der Waals surface area contributed by atoms with E-state index in [1.54, 1.807) is 8.61 Å². The maximum atomic E-state index is 12.7. The van der Waals surface area contributed by atoms with Crippen LogP contribution in [-0.2, 0) is 15.0 Å². The van der Waals surface area contributed by atoms with Gasteiger partial charge in [0.25, 0.3) is 10.2 Å². The van der Waals surface area contributed by atoms with Crippen molar-refractivity contribution in [3.63, 3.8) is 0 Å². The van der Waals surface area contributed by atoms with Crippen LogP contribution in [0.3, 0.4) is 0 Å². The van der Waals surface area contributed by atoms with E-state index in [0.29, 0.717) is 45.2 Å². The molecule has 1 aliphatic carbocycles. The molecular weight excluding hydrogens is 304 g/mol. The summed E-state index contributed by atoms with van der Waals surface area (Å²) in [7, 11) is -1.36. The fourth-order valence-electron chi connectivity index (χ4n) is 3.22. The lowest BCUT2D eigenvalue weighted by molar-refractivity contribution is -0.134. The Bertz CT molecular complexity index is 522. The monoisotopic (exact) mass is 330 g/mol. The second-order valence-corrected chi connectivity index (χ2v) is 8.68. The van der Waals surface area contributed by atoms with Crippen LogP contribution in [0.15, 0.2) is 0 Å². The predicted molar refractivity (Wildman–Crippen MR) is 83.4 cm³/mol. The van der Waals surface area contributed by atoms with Gasteiger partial charge in [0.1, 0.15) is 0 Å². The second-order valence-electron chi connectivity index (χ2n) is 6.75. The summed E-state index contributed by atoms with van der Waals surface area (Å²) in [6.07, 6.45) is 0.985. The van der Waals surface area contributed by atoms with Crippen LogP contribution in [0.2, 0.25) is 0 Å². The summed E-state index contributed by atoms with van der Waals surface area (Å²) in [5.41, 5.74) is 0. The number of hydrogen-bond donors (Lipinski definition) is 0. The van der Waals surface area contributed by atoms with E-state index in [1.165, 1.54) is 0 Å². The first-order valence-electron chi connectivity index (χ1n) is 8.12. The minimum atomic E-state index is -3.37. The van der Waals surface area contributed by atoms with Gasteiger partial charge in [0, 0.05) is 58.3 Å². The zero-order valence-corrected chi connectivity index (χ0v) is 14.3. The van der Waals surface area contributed by atoms with Crippen molar-refractivity contribution >= 4 is 16.1 Å². The van der Waals surface area contributed by atoms with Crippen LogP contribution in [0.1, 0.15) is 13.3 Å². The number of carbonyl (C=O) groups is 1. The minimum Gasteiger partial charge on any atom is -0.340 e. The Kier molecular flexibility index (Phi) is 4.46. The maximum Gasteiger partial charge on any atom is 0.282 e. The van der Waals surface area contributed by atoms with Gasteiger partial charge in [-0.25, -0.2) is 0 Å². The van der Waals surface area contributed by atoms with E-state index in [4.69, 9.17) is 0 Å². The van der Waals surface area contributed by atoms with Gasteiger partial charge in [0.15, 0.2) is 0 Å². The van der Waals surface area contributed by atoms with Gasteiger partial charge < -0.3 is 9.80 Å². The van der Waals surface area contributed by atoms with E-state index in [-0.39, 0.29) is 11.8 Å². The molecule has 0 N–H and O–H groups in total. The maximum absolute atomic E-state index is 12.7. The van der Waals surface area contributed by atoms with Crippen molar-refractivity contribution in [1.29, 1.82) is 0 Å². The zero-order chi connectivity index (χ0) is 15.9. The summed E-state index contributed by atoms with van der Waals surface area (Å²) in [5.74, 6) is 0.893. The van der Waals surface area contributed by atoms with Crippen molar-refractivity contribution in [2.45, 2.75) is 13.3 Å². The SMILES string of the molecule is C[C@H]1C[C@H]1C(=O)N1CCN(S(=O)(=O)N2CCN(C)CC2)CC1. The average molecular weight is 330 g/mol. The molecule has 3 rings (SSSR count). The molecule has 0 bridgehead atoms. The van der Waals surface area contributed by atoms with E-state index in [2.05, 4.69) is 11.8 Å². The van der Waals surface area contributed by atoms with Gasteiger partial charge in [-0.2, -0.15) is 17.0 Å². The molecular formula is C14H26N4O3S. The molecule has 2 heterocycles. The lowest BCUT2D eigenvalue weighted by atomic mass is 10.2. The highest BCUT2D eigenvalue weighted by molar-refractivity contribution is 7.86. The highest BCUT2D eigenvalue weighted by Gasteiger charge is 2.43. The zero-order valence-electron chi connectivity index (χ0n) is 13.4. The fourth-order valence-corrected chi connectivity index (χ4v) is 4.80. The number of hydrogen-bond acceptors (Lipinski definition) is 4. The molecule has 126 valence electrons. The molecule has 22 heavy (non-hydrogen) atoms. The Hall–Kier alpha value is -0.700. The number of rotatable bonds is 3. The number of nitrogens with zero attached hydrogens (tertiary/aromatic N) is 4. The molecule has 0 aromatic heterocycles. The van der Waals surface area contributed by atoms with Crippen molar-refractivity contribution in [3.05, 3.63) is 0 Å². The first-order chi connectivity index (χ1) is 10.4. The normalized spacial score (nSPS) is 32.2. The van der Waals surface area contributed by atoms with E-state index in [1.807, 2.05) is 11.9 Å². The van der Waals surface area contributed by atoms with Crippen LogP contribution in [0.4, 0.5) is 0 Å². The largest absolute Gasteiger partial charge is 0.340 e. The van der Waals surface area contributed by atoms with Gasteiger partial charge in [0.2, 0.25) is 5.91 Å². The molecule has 0 aromatic carbocycles. The molecule has 0 unspecified atom stereocenters. The number of carbonyl (C=O) groups excluding carboxylic acids is 1. The fraction of sp³-hybridized carbons (Fsp3) is 0.929.